The van der Waals surface area contributed by atoms with Gasteiger partial charge in [-0.2, -0.15) is 0 Å². The Labute approximate surface area is 142 Å². The van der Waals surface area contributed by atoms with Crippen molar-refractivity contribution in [3.63, 3.8) is 0 Å². The number of hydrogen-bond acceptors (Lipinski definition) is 3. The smallest absolute Gasteiger partial charge is 0.407 e. The molecule has 0 aliphatic rings. The highest BCUT2D eigenvalue weighted by atomic mass is 16.5. The molecule has 2 N–H and O–H groups in total. The van der Waals surface area contributed by atoms with E-state index in [4.69, 9.17) is 0 Å². The monoisotopic (exact) mass is 331 g/mol. The van der Waals surface area contributed by atoms with Crippen molar-refractivity contribution in [2.24, 2.45) is 5.92 Å². The average molecular weight is 331 g/mol. The molecule has 0 saturated heterocycles. The number of carbonyl (C=O) groups is 2. The molecule has 24 heavy (non-hydrogen) atoms. The molecule has 1 heterocycles. The Morgan fingerprint density at radius 3 is 2.62 bits per heavy atom. The molecular weight excluding hydrogens is 306 g/mol. The van der Waals surface area contributed by atoms with Crippen molar-refractivity contribution in [1.29, 1.82) is 0 Å². The van der Waals surface area contributed by atoms with Crippen LogP contribution in [0.3, 0.4) is 0 Å². The summed E-state index contributed by atoms with van der Waals surface area (Å²) in [7, 11) is 1.28. The molecule has 0 radical (unpaired) electrons. The summed E-state index contributed by atoms with van der Waals surface area (Å²) in [5, 5.41) is 6.51. The molecule has 1 aromatic carbocycles. The predicted molar refractivity (Wildman–Crippen MR) is 95.0 cm³/mol. The quantitative estimate of drug-likeness (QED) is 0.852. The number of nitrogens with one attached hydrogen (secondary N) is 2. The molecule has 0 spiro atoms. The molecule has 1 aromatic heterocycles. The van der Waals surface area contributed by atoms with Crippen molar-refractivity contribution >= 4 is 28.6 Å². The van der Waals surface area contributed by atoms with Crippen LogP contribution in [0, 0.1) is 5.92 Å². The van der Waals surface area contributed by atoms with Gasteiger partial charge in [0.25, 0.3) is 0 Å². The van der Waals surface area contributed by atoms with Gasteiger partial charge in [-0.25, -0.2) is 4.79 Å². The van der Waals surface area contributed by atoms with Crippen LogP contribution in [0.4, 0.5) is 10.5 Å². The largest absolute Gasteiger partial charge is 0.453 e. The van der Waals surface area contributed by atoms with E-state index in [1.54, 1.807) is 0 Å². The zero-order chi connectivity index (χ0) is 17.7. The molecule has 1 unspecified atom stereocenters. The predicted octanol–water partition coefficient (Wildman–Crippen LogP) is 3.37. The first-order chi connectivity index (χ1) is 11.5. The van der Waals surface area contributed by atoms with Gasteiger partial charge in [0.2, 0.25) is 5.91 Å². The van der Waals surface area contributed by atoms with Crippen molar-refractivity contribution < 1.29 is 14.3 Å². The third-order valence-corrected chi connectivity index (χ3v) is 3.91. The van der Waals surface area contributed by atoms with Crippen LogP contribution >= 0.6 is 0 Å². The first-order valence-electron chi connectivity index (χ1n) is 8.20. The highest BCUT2D eigenvalue weighted by Gasteiger charge is 2.24. The molecule has 0 fully saturated rings. The zero-order valence-corrected chi connectivity index (χ0v) is 14.6. The number of hydrogen-bond donors (Lipinski definition) is 2. The molecule has 130 valence electrons. The fraction of sp³-hybridized carbons (Fsp3) is 0.444. The first-order valence-corrected chi connectivity index (χ1v) is 8.20. The van der Waals surface area contributed by atoms with Gasteiger partial charge in [0, 0.05) is 29.3 Å². The summed E-state index contributed by atoms with van der Waals surface area (Å²) in [6.45, 7) is 6.84. The first kappa shape index (κ1) is 17.8. The highest BCUT2D eigenvalue weighted by molar-refractivity contribution is 5.98. The normalized spacial score (nSPS) is 12.2. The molecule has 0 bridgehead atoms. The van der Waals surface area contributed by atoms with Gasteiger partial charge < -0.3 is 19.9 Å². The highest BCUT2D eigenvalue weighted by Crippen LogP contribution is 2.21. The van der Waals surface area contributed by atoms with Crippen LogP contribution in [0.15, 0.2) is 30.5 Å². The number of amides is 2. The van der Waals surface area contributed by atoms with E-state index in [9.17, 15) is 9.59 Å². The zero-order valence-electron chi connectivity index (χ0n) is 14.6. The van der Waals surface area contributed by atoms with Crippen LogP contribution in [0.5, 0.6) is 0 Å². The summed E-state index contributed by atoms with van der Waals surface area (Å²) in [5.74, 6) is -0.318. The van der Waals surface area contributed by atoms with Gasteiger partial charge in [0.15, 0.2) is 0 Å². The number of fused-ring (bicyclic) bond motifs is 1. The second-order valence-corrected chi connectivity index (χ2v) is 6.13. The SMILES string of the molecule is CCCn1ccc2cc(NC(=O)C(NC(=O)OC)C(C)C)ccc21. The Hall–Kier alpha value is -2.50. The molecule has 6 heteroatoms. The van der Waals surface area contributed by atoms with Gasteiger partial charge in [0.05, 0.1) is 7.11 Å². The van der Waals surface area contributed by atoms with E-state index in [1.165, 1.54) is 7.11 Å². The minimum Gasteiger partial charge on any atom is -0.453 e. The lowest BCUT2D eigenvalue weighted by atomic mass is 10.0. The lowest BCUT2D eigenvalue weighted by molar-refractivity contribution is -0.119. The lowest BCUT2D eigenvalue weighted by Gasteiger charge is -2.21. The van der Waals surface area contributed by atoms with Gasteiger partial charge in [-0.05, 0) is 36.6 Å². The molecule has 0 aliphatic heterocycles. The van der Waals surface area contributed by atoms with Gasteiger partial charge in [-0.3, -0.25) is 4.79 Å². The molecular formula is C18H25N3O3. The summed E-state index contributed by atoms with van der Waals surface area (Å²) in [6, 6.07) is 7.20. The summed E-state index contributed by atoms with van der Waals surface area (Å²) in [4.78, 5) is 23.9. The second kappa shape index (κ2) is 7.86. The third-order valence-electron chi connectivity index (χ3n) is 3.91. The summed E-state index contributed by atoms with van der Waals surface area (Å²) in [5.41, 5.74) is 1.85. The number of nitrogens with zero attached hydrogens (tertiary/aromatic N) is 1. The fourth-order valence-electron chi connectivity index (χ4n) is 2.65. The van der Waals surface area contributed by atoms with Crippen LogP contribution in [0.25, 0.3) is 10.9 Å². The maximum Gasteiger partial charge on any atom is 0.407 e. The van der Waals surface area contributed by atoms with Gasteiger partial charge in [-0.1, -0.05) is 20.8 Å². The number of aryl methyl sites for hydroxylation is 1. The number of rotatable bonds is 6. The van der Waals surface area contributed by atoms with Crippen LogP contribution in [-0.2, 0) is 16.1 Å². The standard InChI is InChI=1S/C18H25N3O3/c1-5-9-21-10-8-13-11-14(6-7-15(13)21)19-17(22)16(12(2)3)20-18(23)24-4/h6-8,10-12,16H,5,9H2,1-4H3,(H,19,22)(H,20,23). The Morgan fingerprint density at radius 1 is 1.25 bits per heavy atom. The number of methoxy groups -OCH3 is 1. The average Bonchev–Trinajstić information content (AvgIpc) is 2.94. The van der Waals surface area contributed by atoms with Crippen LogP contribution < -0.4 is 10.6 Å². The lowest BCUT2D eigenvalue weighted by Crippen LogP contribution is -2.47. The number of carbonyl (C=O) groups excluding carboxylic acids is 2. The van der Waals surface area contributed by atoms with Crippen molar-refractivity contribution in [1.82, 2.24) is 9.88 Å². The molecule has 2 aromatic rings. The van der Waals surface area contributed by atoms with E-state index in [-0.39, 0.29) is 11.8 Å². The Kier molecular flexibility index (Phi) is 5.84. The van der Waals surface area contributed by atoms with Crippen molar-refractivity contribution in [2.45, 2.75) is 39.8 Å². The van der Waals surface area contributed by atoms with Crippen molar-refractivity contribution in [3.05, 3.63) is 30.5 Å². The van der Waals surface area contributed by atoms with Crippen LogP contribution in [-0.4, -0.2) is 29.7 Å². The number of anilines is 1. The van der Waals surface area contributed by atoms with Crippen molar-refractivity contribution in [3.8, 4) is 0 Å². The van der Waals surface area contributed by atoms with E-state index >= 15 is 0 Å². The molecule has 0 aliphatic carbocycles. The summed E-state index contributed by atoms with van der Waals surface area (Å²) >= 11 is 0. The Balaban J connectivity index is 2.15. The Bertz CT molecular complexity index is 721. The van der Waals surface area contributed by atoms with E-state index < -0.39 is 12.1 Å². The van der Waals surface area contributed by atoms with Gasteiger partial charge >= 0.3 is 6.09 Å². The van der Waals surface area contributed by atoms with Crippen LogP contribution in [0.2, 0.25) is 0 Å². The topological polar surface area (TPSA) is 72.4 Å². The number of benzene rings is 1. The minimum atomic E-state index is -0.655. The molecule has 2 amide bonds. The number of alkyl carbamates (subject to hydrolysis) is 1. The number of aromatic nitrogens is 1. The van der Waals surface area contributed by atoms with E-state index in [0.29, 0.717) is 5.69 Å². The molecule has 2 rings (SSSR count). The van der Waals surface area contributed by atoms with Gasteiger partial charge in [0.1, 0.15) is 6.04 Å². The van der Waals surface area contributed by atoms with Crippen LogP contribution in [0.1, 0.15) is 27.2 Å². The third kappa shape index (κ3) is 4.07. The summed E-state index contributed by atoms with van der Waals surface area (Å²) in [6.07, 6.45) is 2.50. The summed E-state index contributed by atoms with van der Waals surface area (Å²) < 4.78 is 6.77. The number of ether oxygens (including phenoxy) is 1. The minimum absolute atomic E-state index is 0.0570. The fourth-order valence-corrected chi connectivity index (χ4v) is 2.65. The molecule has 6 nitrogen and oxygen atoms in total. The Morgan fingerprint density at radius 2 is 2.00 bits per heavy atom. The van der Waals surface area contributed by atoms with Gasteiger partial charge in [-0.15, -0.1) is 0 Å². The maximum absolute atomic E-state index is 12.5. The van der Waals surface area contributed by atoms with E-state index in [2.05, 4.69) is 33.1 Å². The van der Waals surface area contributed by atoms with E-state index in [0.717, 1.165) is 23.9 Å². The molecule has 0 saturated carbocycles. The molecule has 1 atom stereocenters. The van der Waals surface area contributed by atoms with Crippen molar-refractivity contribution in [2.75, 3.05) is 12.4 Å². The van der Waals surface area contributed by atoms with E-state index in [1.807, 2.05) is 38.1 Å². The maximum atomic E-state index is 12.5. The second-order valence-electron chi connectivity index (χ2n) is 6.13.